The van der Waals surface area contributed by atoms with Crippen LogP contribution in [0.3, 0.4) is 0 Å². The third-order valence-electron chi connectivity index (χ3n) is 4.28. The van der Waals surface area contributed by atoms with Gasteiger partial charge in [0, 0.05) is 22.4 Å². The first-order valence-electron chi connectivity index (χ1n) is 7.79. The number of phenols is 3. The monoisotopic (exact) mass is 350 g/mol. The van der Waals surface area contributed by atoms with Crippen molar-refractivity contribution < 1.29 is 24.5 Å². The number of hydrogen-bond acceptors (Lipinski definition) is 6. The van der Waals surface area contributed by atoms with E-state index >= 15 is 0 Å². The van der Waals surface area contributed by atoms with Crippen molar-refractivity contribution in [1.82, 2.24) is 0 Å². The molecule has 6 nitrogen and oxygen atoms in total. The maximum absolute atomic E-state index is 12.7. The highest BCUT2D eigenvalue weighted by molar-refractivity contribution is 6.11. The van der Waals surface area contributed by atoms with Gasteiger partial charge in [-0.3, -0.25) is 4.79 Å². The minimum Gasteiger partial charge on any atom is -0.504 e. The zero-order valence-electron chi connectivity index (χ0n) is 13.7. The molecule has 6 heteroatoms. The minimum atomic E-state index is -0.449. The van der Waals surface area contributed by atoms with Gasteiger partial charge < -0.3 is 24.5 Å². The largest absolute Gasteiger partial charge is 0.504 e. The first kappa shape index (κ1) is 15.8. The quantitative estimate of drug-likeness (QED) is 0.376. The van der Waals surface area contributed by atoms with Gasteiger partial charge in [0.25, 0.3) is 0 Å². The topological polar surface area (TPSA) is 100 Å². The predicted molar refractivity (Wildman–Crippen MR) is 97.0 cm³/mol. The molecule has 0 atom stereocenters. The summed E-state index contributed by atoms with van der Waals surface area (Å²) in [5, 5.41) is 30.9. The van der Waals surface area contributed by atoms with E-state index in [1.807, 2.05) is 0 Å². The molecular weight excluding hydrogens is 336 g/mol. The number of ether oxygens (including phenoxy) is 1. The molecule has 0 saturated heterocycles. The Labute approximate surface area is 147 Å². The summed E-state index contributed by atoms with van der Waals surface area (Å²) in [5.41, 5.74) is 0.183. The van der Waals surface area contributed by atoms with Gasteiger partial charge in [0.2, 0.25) is 0 Å². The van der Waals surface area contributed by atoms with Gasteiger partial charge in [0.05, 0.1) is 7.11 Å². The predicted octanol–water partition coefficient (Wildman–Crippen LogP) is 3.74. The summed E-state index contributed by atoms with van der Waals surface area (Å²) in [6, 6.07) is 12.4. The van der Waals surface area contributed by atoms with E-state index < -0.39 is 5.43 Å². The molecular formula is C20H14O6. The fourth-order valence-electron chi connectivity index (χ4n) is 3.05. The highest BCUT2D eigenvalue weighted by Gasteiger charge is 2.20. The van der Waals surface area contributed by atoms with E-state index in [4.69, 9.17) is 9.15 Å². The third-order valence-corrected chi connectivity index (χ3v) is 4.28. The summed E-state index contributed by atoms with van der Waals surface area (Å²) >= 11 is 0. The number of hydrogen-bond donors (Lipinski definition) is 3. The highest BCUT2D eigenvalue weighted by Crippen LogP contribution is 2.42. The van der Waals surface area contributed by atoms with E-state index in [-0.39, 0.29) is 39.7 Å². The number of rotatable bonds is 2. The Bertz CT molecular complexity index is 1220. The van der Waals surface area contributed by atoms with E-state index in [1.165, 1.54) is 31.4 Å². The van der Waals surface area contributed by atoms with Gasteiger partial charge in [0.15, 0.2) is 28.4 Å². The first-order valence-corrected chi connectivity index (χ1v) is 7.79. The molecule has 0 saturated carbocycles. The SMILES string of the molecule is COc1c(O)c2c(=O)cc(-c3ccc(O)c(O)c3)oc2c2ccccc12. The van der Waals surface area contributed by atoms with Crippen LogP contribution in [-0.2, 0) is 0 Å². The van der Waals surface area contributed by atoms with Crippen molar-refractivity contribution in [3.8, 4) is 34.3 Å². The van der Waals surface area contributed by atoms with Gasteiger partial charge in [-0.2, -0.15) is 0 Å². The minimum absolute atomic E-state index is 0.0206. The van der Waals surface area contributed by atoms with Crippen LogP contribution in [0.1, 0.15) is 0 Å². The number of methoxy groups -OCH3 is 1. The van der Waals surface area contributed by atoms with Crippen LogP contribution in [-0.4, -0.2) is 22.4 Å². The Morgan fingerprint density at radius 2 is 1.65 bits per heavy atom. The van der Waals surface area contributed by atoms with Crippen LogP contribution in [0, 0.1) is 0 Å². The van der Waals surface area contributed by atoms with Gasteiger partial charge in [-0.25, -0.2) is 0 Å². The van der Waals surface area contributed by atoms with Gasteiger partial charge in [-0.05, 0) is 18.2 Å². The molecule has 1 heterocycles. The van der Waals surface area contributed by atoms with E-state index in [1.54, 1.807) is 24.3 Å². The number of benzene rings is 3. The van der Waals surface area contributed by atoms with Crippen LogP contribution < -0.4 is 10.2 Å². The van der Waals surface area contributed by atoms with E-state index in [0.717, 1.165) is 0 Å². The van der Waals surface area contributed by atoms with Gasteiger partial charge >= 0.3 is 0 Å². The van der Waals surface area contributed by atoms with Crippen LogP contribution in [0.15, 0.2) is 57.7 Å². The Kier molecular flexibility index (Phi) is 3.47. The zero-order valence-corrected chi connectivity index (χ0v) is 13.7. The van der Waals surface area contributed by atoms with Crippen molar-refractivity contribution in [2.24, 2.45) is 0 Å². The second-order valence-corrected chi connectivity index (χ2v) is 5.81. The number of aromatic hydroxyl groups is 3. The number of phenolic OH excluding ortho intramolecular Hbond substituents is 3. The lowest BCUT2D eigenvalue weighted by Gasteiger charge is -2.12. The van der Waals surface area contributed by atoms with Crippen molar-refractivity contribution in [2.45, 2.75) is 0 Å². The molecule has 26 heavy (non-hydrogen) atoms. The summed E-state index contributed by atoms with van der Waals surface area (Å²) in [6.07, 6.45) is 0. The van der Waals surface area contributed by atoms with E-state index in [9.17, 15) is 20.1 Å². The molecule has 0 spiro atoms. The molecule has 4 rings (SSSR count). The molecule has 0 radical (unpaired) electrons. The lowest BCUT2D eigenvalue weighted by atomic mass is 10.0. The first-order chi connectivity index (χ1) is 12.5. The van der Waals surface area contributed by atoms with Gasteiger partial charge in [-0.1, -0.05) is 24.3 Å². The summed E-state index contributed by atoms with van der Waals surface area (Å²) < 4.78 is 11.2. The fourth-order valence-corrected chi connectivity index (χ4v) is 3.05. The lowest BCUT2D eigenvalue weighted by Crippen LogP contribution is -2.02. The summed E-state index contributed by atoms with van der Waals surface area (Å²) in [4.78, 5) is 12.7. The standard InChI is InChI=1S/C20H14O6/c1-25-20-12-5-3-2-4-11(12)19-17(18(20)24)15(23)9-16(26-19)10-6-7-13(21)14(22)8-10/h2-9,21-22,24H,1H3. The maximum atomic E-state index is 12.7. The summed E-state index contributed by atoms with van der Waals surface area (Å²) in [6.45, 7) is 0. The fraction of sp³-hybridized carbons (Fsp3) is 0.0500. The average Bonchev–Trinajstić information content (AvgIpc) is 2.64. The molecule has 3 N–H and O–H groups in total. The molecule has 1 aromatic heterocycles. The summed E-state index contributed by atoms with van der Waals surface area (Å²) in [5.74, 6) is -0.476. The van der Waals surface area contributed by atoms with Crippen molar-refractivity contribution in [3.05, 3.63) is 58.8 Å². The van der Waals surface area contributed by atoms with Gasteiger partial charge in [-0.15, -0.1) is 0 Å². The van der Waals surface area contributed by atoms with E-state index in [2.05, 4.69) is 0 Å². The average molecular weight is 350 g/mol. The molecule has 3 aromatic carbocycles. The Morgan fingerprint density at radius 1 is 0.923 bits per heavy atom. The summed E-state index contributed by atoms with van der Waals surface area (Å²) in [7, 11) is 1.42. The molecule has 0 aliphatic rings. The second kappa shape index (κ2) is 5.70. The van der Waals surface area contributed by atoms with Crippen molar-refractivity contribution in [2.75, 3.05) is 7.11 Å². The third kappa shape index (κ3) is 2.23. The molecule has 0 aliphatic carbocycles. The van der Waals surface area contributed by atoms with Crippen LogP contribution in [0.25, 0.3) is 33.1 Å². The Balaban J connectivity index is 2.13. The second-order valence-electron chi connectivity index (χ2n) is 5.81. The highest BCUT2D eigenvalue weighted by atomic mass is 16.5. The molecule has 0 fully saturated rings. The maximum Gasteiger partial charge on any atom is 0.197 e. The van der Waals surface area contributed by atoms with Gasteiger partial charge in [0.1, 0.15) is 16.7 Å². The lowest BCUT2D eigenvalue weighted by molar-refractivity contribution is 0.380. The molecule has 130 valence electrons. The molecule has 0 unspecified atom stereocenters. The van der Waals surface area contributed by atoms with Crippen LogP contribution in [0.2, 0.25) is 0 Å². The van der Waals surface area contributed by atoms with Crippen molar-refractivity contribution in [1.29, 1.82) is 0 Å². The van der Waals surface area contributed by atoms with Crippen molar-refractivity contribution >= 4 is 21.7 Å². The normalized spacial score (nSPS) is 11.1. The molecule has 0 bridgehead atoms. The smallest absolute Gasteiger partial charge is 0.197 e. The molecule has 4 aromatic rings. The van der Waals surface area contributed by atoms with Crippen LogP contribution in [0.4, 0.5) is 0 Å². The zero-order chi connectivity index (χ0) is 18.4. The number of fused-ring (bicyclic) bond motifs is 3. The van der Waals surface area contributed by atoms with Crippen LogP contribution >= 0.6 is 0 Å². The van der Waals surface area contributed by atoms with E-state index in [0.29, 0.717) is 16.3 Å². The Hall–Kier alpha value is -3.67. The Morgan fingerprint density at radius 3 is 2.35 bits per heavy atom. The molecule has 0 amide bonds. The van der Waals surface area contributed by atoms with Crippen molar-refractivity contribution in [3.63, 3.8) is 0 Å². The van der Waals surface area contributed by atoms with Crippen LogP contribution in [0.5, 0.6) is 23.0 Å². The molecule has 0 aliphatic heterocycles.